The van der Waals surface area contributed by atoms with Gasteiger partial charge in [0.1, 0.15) is 5.69 Å². The number of carbonyl (C=O) groups excluding carboxylic acids is 2. The van der Waals surface area contributed by atoms with Gasteiger partial charge < -0.3 is 4.74 Å². The van der Waals surface area contributed by atoms with E-state index in [0.717, 1.165) is 5.69 Å². The second-order valence-electron chi connectivity index (χ2n) is 4.34. The highest BCUT2D eigenvalue weighted by molar-refractivity contribution is 7.14. The molecule has 0 saturated carbocycles. The van der Waals surface area contributed by atoms with Gasteiger partial charge in [0, 0.05) is 11.9 Å². The largest absolute Gasteiger partial charge is 0.469 e. The minimum absolute atomic E-state index is 0.0921. The van der Waals surface area contributed by atoms with Crippen molar-refractivity contribution >= 4 is 28.3 Å². The number of thiazole rings is 1. The van der Waals surface area contributed by atoms with Crippen molar-refractivity contribution in [2.45, 2.75) is 26.8 Å². The van der Waals surface area contributed by atoms with Gasteiger partial charge in [0.15, 0.2) is 5.13 Å². The van der Waals surface area contributed by atoms with Gasteiger partial charge in [-0.15, -0.1) is 11.3 Å². The molecule has 0 radical (unpaired) electrons. The van der Waals surface area contributed by atoms with Gasteiger partial charge in [0.05, 0.1) is 24.9 Å². The van der Waals surface area contributed by atoms with Crippen LogP contribution in [0.1, 0.15) is 28.8 Å². The Bertz CT molecular complexity index is 662. The summed E-state index contributed by atoms with van der Waals surface area (Å²) in [6.45, 7) is 4.37. The highest BCUT2D eigenvalue weighted by Crippen LogP contribution is 2.17. The van der Waals surface area contributed by atoms with Crippen molar-refractivity contribution in [3.8, 4) is 0 Å². The summed E-state index contributed by atoms with van der Waals surface area (Å²) >= 11 is 1.26. The van der Waals surface area contributed by atoms with Gasteiger partial charge in [-0.3, -0.25) is 19.6 Å². The molecule has 0 aliphatic carbocycles. The average molecular weight is 308 g/mol. The third-order valence-electron chi connectivity index (χ3n) is 2.76. The Labute approximate surface area is 125 Å². The topological polar surface area (TPSA) is 86.1 Å². The molecule has 2 heterocycles. The quantitative estimate of drug-likeness (QED) is 0.849. The van der Waals surface area contributed by atoms with Crippen LogP contribution in [0.5, 0.6) is 0 Å². The predicted molar refractivity (Wildman–Crippen MR) is 78.4 cm³/mol. The summed E-state index contributed by atoms with van der Waals surface area (Å²) in [4.78, 5) is 27.5. The van der Waals surface area contributed by atoms with Gasteiger partial charge in [-0.2, -0.15) is 5.10 Å². The molecule has 1 amide bonds. The van der Waals surface area contributed by atoms with Crippen molar-refractivity contribution in [3.63, 3.8) is 0 Å². The van der Waals surface area contributed by atoms with Crippen molar-refractivity contribution in [2.24, 2.45) is 0 Å². The van der Waals surface area contributed by atoms with Crippen LogP contribution in [0.2, 0.25) is 0 Å². The Morgan fingerprint density at radius 2 is 2.24 bits per heavy atom. The molecule has 2 aromatic rings. The Balaban J connectivity index is 2.07. The van der Waals surface area contributed by atoms with Gasteiger partial charge in [-0.25, -0.2) is 4.98 Å². The number of anilines is 1. The Hall–Kier alpha value is -2.22. The Kier molecular flexibility index (Phi) is 4.69. The fourth-order valence-electron chi connectivity index (χ4n) is 1.80. The van der Waals surface area contributed by atoms with Crippen molar-refractivity contribution in [1.29, 1.82) is 0 Å². The maximum absolute atomic E-state index is 12.2. The van der Waals surface area contributed by atoms with E-state index in [1.54, 1.807) is 16.1 Å². The maximum atomic E-state index is 12.2. The number of esters is 1. The number of nitrogens with one attached hydrogen (secondary N) is 1. The van der Waals surface area contributed by atoms with Gasteiger partial charge in [0.25, 0.3) is 5.91 Å². The zero-order valence-electron chi connectivity index (χ0n) is 12.0. The number of hydrogen-bond donors (Lipinski definition) is 1. The molecule has 0 spiro atoms. The van der Waals surface area contributed by atoms with E-state index in [2.05, 4.69) is 20.1 Å². The van der Waals surface area contributed by atoms with Gasteiger partial charge in [0.2, 0.25) is 0 Å². The fraction of sp³-hybridized carbons (Fsp3) is 0.385. The lowest BCUT2D eigenvalue weighted by Crippen LogP contribution is -2.17. The van der Waals surface area contributed by atoms with E-state index < -0.39 is 0 Å². The molecule has 112 valence electrons. The number of aromatic nitrogens is 3. The van der Waals surface area contributed by atoms with E-state index in [0.29, 0.717) is 23.1 Å². The number of methoxy groups -OCH3 is 1. The molecule has 0 fully saturated rings. The zero-order chi connectivity index (χ0) is 15.4. The first-order valence-electron chi connectivity index (χ1n) is 6.40. The highest BCUT2D eigenvalue weighted by Gasteiger charge is 2.15. The molecular formula is C13H16N4O3S. The lowest BCUT2D eigenvalue weighted by molar-refractivity contribution is -0.139. The Morgan fingerprint density at radius 1 is 1.48 bits per heavy atom. The maximum Gasteiger partial charge on any atom is 0.311 e. The first-order chi connectivity index (χ1) is 10.0. The first-order valence-corrected chi connectivity index (χ1v) is 7.28. The molecular weight excluding hydrogens is 292 g/mol. The summed E-state index contributed by atoms with van der Waals surface area (Å²) < 4.78 is 6.21. The summed E-state index contributed by atoms with van der Waals surface area (Å²) in [7, 11) is 1.33. The molecule has 0 aromatic carbocycles. The van der Waals surface area contributed by atoms with Crippen LogP contribution in [0.3, 0.4) is 0 Å². The van der Waals surface area contributed by atoms with Crippen LogP contribution in [0, 0.1) is 6.92 Å². The van der Waals surface area contributed by atoms with Crippen molar-refractivity contribution < 1.29 is 14.3 Å². The molecule has 0 aliphatic heterocycles. The third kappa shape index (κ3) is 3.66. The second-order valence-corrected chi connectivity index (χ2v) is 5.20. The van der Waals surface area contributed by atoms with Crippen molar-refractivity contribution in [2.75, 3.05) is 12.4 Å². The standard InChI is InChI=1S/C13H16N4O3S/c1-4-17-10(5-8(2)16-17)12(19)15-13-14-9(7-21-13)6-11(18)20-3/h5,7H,4,6H2,1-3H3,(H,14,15,19). The van der Waals surface area contributed by atoms with Crippen LogP contribution in [0.4, 0.5) is 5.13 Å². The smallest absolute Gasteiger partial charge is 0.311 e. The van der Waals surface area contributed by atoms with Gasteiger partial charge >= 0.3 is 5.97 Å². The van der Waals surface area contributed by atoms with Crippen LogP contribution < -0.4 is 5.32 Å². The number of nitrogens with zero attached hydrogens (tertiary/aromatic N) is 3. The minimum Gasteiger partial charge on any atom is -0.469 e. The van der Waals surface area contributed by atoms with Crippen LogP contribution in [-0.4, -0.2) is 33.8 Å². The molecule has 0 saturated heterocycles. The Morgan fingerprint density at radius 3 is 2.90 bits per heavy atom. The van der Waals surface area contributed by atoms with Gasteiger partial charge in [-0.1, -0.05) is 0 Å². The monoisotopic (exact) mass is 308 g/mol. The average Bonchev–Trinajstić information content (AvgIpc) is 3.05. The number of rotatable bonds is 5. The SMILES string of the molecule is CCn1nc(C)cc1C(=O)Nc1nc(CC(=O)OC)cs1. The summed E-state index contributed by atoms with van der Waals surface area (Å²) in [6.07, 6.45) is 0.0921. The number of aryl methyl sites for hydroxylation is 2. The number of ether oxygens (including phenoxy) is 1. The zero-order valence-corrected chi connectivity index (χ0v) is 12.9. The number of carbonyl (C=O) groups is 2. The fourth-order valence-corrected chi connectivity index (χ4v) is 2.50. The normalized spacial score (nSPS) is 10.4. The molecule has 2 rings (SSSR count). The molecule has 2 aromatic heterocycles. The van der Waals surface area contributed by atoms with Crippen LogP contribution in [0.25, 0.3) is 0 Å². The highest BCUT2D eigenvalue weighted by atomic mass is 32.1. The van der Waals surface area contributed by atoms with Gasteiger partial charge in [-0.05, 0) is 19.9 Å². The molecule has 8 heteroatoms. The second kappa shape index (κ2) is 6.49. The van der Waals surface area contributed by atoms with E-state index in [-0.39, 0.29) is 18.3 Å². The summed E-state index contributed by atoms with van der Waals surface area (Å²) in [5.41, 5.74) is 1.84. The predicted octanol–water partition coefficient (Wildman–Crippen LogP) is 1.64. The van der Waals surface area contributed by atoms with E-state index in [4.69, 9.17) is 0 Å². The molecule has 21 heavy (non-hydrogen) atoms. The summed E-state index contributed by atoms with van der Waals surface area (Å²) in [6, 6.07) is 1.72. The van der Waals surface area contributed by atoms with E-state index in [9.17, 15) is 9.59 Å². The molecule has 0 unspecified atom stereocenters. The van der Waals surface area contributed by atoms with Crippen LogP contribution >= 0.6 is 11.3 Å². The summed E-state index contributed by atoms with van der Waals surface area (Å²) in [5, 5.41) is 9.10. The lowest BCUT2D eigenvalue weighted by atomic mass is 10.3. The van der Waals surface area contributed by atoms with E-state index in [1.165, 1.54) is 18.4 Å². The van der Waals surface area contributed by atoms with Crippen molar-refractivity contribution in [1.82, 2.24) is 14.8 Å². The number of amides is 1. The van der Waals surface area contributed by atoms with Crippen LogP contribution in [-0.2, 0) is 22.5 Å². The molecule has 0 aliphatic rings. The molecule has 1 N–H and O–H groups in total. The third-order valence-corrected chi connectivity index (χ3v) is 3.57. The molecule has 0 bridgehead atoms. The number of hydrogen-bond acceptors (Lipinski definition) is 6. The van der Waals surface area contributed by atoms with Crippen LogP contribution in [0.15, 0.2) is 11.4 Å². The molecule has 7 nitrogen and oxygen atoms in total. The van der Waals surface area contributed by atoms with Crippen molar-refractivity contribution in [3.05, 3.63) is 28.5 Å². The van der Waals surface area contributed by atoms with E-state index >= 15 is 0 Å². The lowest BCUT2D eigenvalue weighted by Gasteiger charge is -2.03. The summed E-state index contributed by atoms with van der Waals surface area (Å²) in [5.74, 6) is -0.630. The van der Waals surface area contributed by atoms with E-state index in [1.807, 2.05) is 13.8 Å². The minimum atomic E-state index is -0.363. The molecule has 0 atom stereocenters. The first kappa shape index (κ1) is 15.2.